The van der Waals surface area contributed by atoms with Crippen LogP contribution in [0.25, 0.3) is 0 Å². The fourth-order valence-corrected chi connectivity index (χ4v) is 3.14. The number of nitrogens with zero attached hydrogens (tertiary/aromatic N) is 1. The zero-order valence-corrected chi connectivity index (χ0v) is 14.7. The second kappa shape index (κ2) is 8.61. The molecule has 0 spiro atoms. The molecule has 4 nitrogen and oxygen atoms in total. The fourth-order valence-electron chi connectivity index (χ4n) is 3.14. The molecule has 136 valence electrons. The van der Waals surface area contributed by atoms with E-state index >= 15 is 0 Å². The summed E-state index contributed by atoms with van der Waals surface area (Å²) < 4.78 is 12.9. The molecule has 2 aromatic rings. The predicted octanol–water partition coefficient (Wildman–Crippen LogP) is 3.77. The topological polar surface area (TPSA) is 49.4 Å². The Morgan fingerprint density at radius 3 is 2.27 bits per heavy atom. The molecular weight excluding hydrogens is 331 g/mol. The normalized spacial score (nSPS) is 14.6. The van der Waals surface area contributed by atoms with Crippen LogP contribution in [0.4, 0.5) is 4.39 Å². The number of halogens is 1. The summed E-state index contributed by atoms with van der Waals surface area (Å²) in [6.07, 6.45) is 4.39. The number of benzene rings is 2. The van der Waals surface area contributed by atoms with Gasteiger partial charge in [0, 0.05) is 30.8 Å². The minimum Gasteiger partial charge on any atom is -0.348 e. The van der Waals surface area contributed by atoms with Gasteiger partial charge in [-0.05, 0) is 48.7 Å². The summed E-state index contributed by atoms with van der Waals surface area (Å²) in [4.78, 5) is 27.0. The van der Waals surface area contributed by atoms with E-state index < -0.39 is 0 Å². The van der Waals surface area contributed by atoms with Gasteiger partial charge in [-0.2, -0.15) is 0 Å². The number of rotatable bonds is 4. The first-order valence-corrected chi connectivity index (χ1v) is 9.05. The number of likely N-dealkylation sites (tertiary alicyclic amines) is 1. The van der Waals surface area contributed by atoms with Crippen molar-refractivity contribution in [1.82, 2.24) is 10.2 Å². The highest BCUT2D eigenvalue weighted by atomic mass is 19.1. The van der Waals surface area contributed by atoms with Crippen LogP contribution < -0.4 is 5.32 Å². The molecule has 0 atom stereocenters. The molecule has 1 saturated heterocycles. The van der Waals surface area contributed by atoms with Crippen LogP contribution in [-0.4, -0.2) is 29.8 Å². The van der Waals surface area contributed by atoms with E-state index in [9.17, 15) is 14.0 Å². The number of carbonyl (C=O) groups excluding carboxylic acids is 2. The van der Waals surface area contributed by atoms with Crippen LogP contribution in [0.15, 0.2) is 48.5 Å². The number of hydrogen-bond donors (Lipinski definition) is 1. The van der Waals surface area contributed by atoms with Gasteiger partial charge in [0.1, 0.15) is 5.82 Å². The van der Waals surface area contributed by atoms with E-state index in [4.69, 9.17) is 0 Å². The van der Waals surface area contributed by atoms with Gasteiger partial charge < -0.3 is 10.2 Å². The Morgan fingerprint density at radius 1 is 0.923 bits per heavy atom. The molecule has 0 radical (unpaired) electrons. The number of hydrogen-bond acceptors (Lipinski definition) is 2. The Labute approximate surface area is 153 Å². The molecule has 2 amide bonds. The van der Waals surface area contributed by atoms with Crippen molar-refractivity contribution in [2.75, 3.05) is 13.1 Å². The molecule has 1 N–H and O–H groups in total. The van der Waals surface area contributed by atoms with E-state index in [1.54, 1.807) is 36.4 Å². The van der Waals surface area contributed by atoms with Crippen molar-refractivity contribution in [1.29, 1.82) is 0 Å². The third-order valence-corrected chi connectivity index (χ3v) is 4.63. The highest BCUT2D eigenvalue weighted by molar-refractivity contribution is 5.99. The van der Waals surface area contributed by atoms with Crippen LogP contribution in [-0.2, 0) is 6.54 Å². The minimum atomic E-state index is -0.306. The Bertz CT molecular complexity index is 766. The zero-order valence-electron chi connectivity index (χ0n) is 14.7. The molecule has 0 aliphatic carbocycles. The Balaban J connectivity index is 1.64. The van der Waals surface area contributed by atoms with Crippen LogP contribution in [0.1, 0.15) is 52.0 Å². The third kappa shape index (κ3) is 4.69. The van der Waals surface area contributed by atoms with E-state index in [1.807, 2.05) is 4.90 Å². The van der Waals surface area contributed by atoms with Gasteiger partial charge in [0.2, 0.25) is 0 Å². The van der Waals surface area contributed by atoms with Crippen molar-refractivity contribution in [2.24, 2.45) is 0 Å². The van der Waals surface area contributed by atoms with E-state index in [0.29, 0.717) is 17.7 Å². The summed E-state index contributed by atoms with van der Waals surface area (Å²) >= 11 is 0. The van der Waals surface area contributed by atoms with Crippen LogP contribution in [0.5, 0.6) is 0 Å². The van der Waals surface area contributed by atoms with Gasteiger partial charge in [-0.1, -0.05) is 31.0 Å². The largest absolute Gasteiger partial charge is 0.348 e. The van der Waals surface area contributed by atoms with Gasteiger partial charge in [0.25, 0.3) is 11.8 Å². The highest BCUT2D eigenvalue weighted by Gasteiger charge is 2.18. The van der Waals surface area contributed by atoms with Gasteiger partial charge in [-0.15, -0.1) is 0 Å². The lowest BCUT2D eigenvalue weighted by molar-refractivity contribution is 0.0761. The molecule has 1 aliphatic heterocycles. The predicted molar refractivity (Wildman–Crippen MR) is 98.4 cm³/mol. The molecule has 3 rings (SSSR count). The maximum atomic E-state index is 12.9. The Hall–Kier alpha value is -2.69. The van der Waals surface area contributed by atoms with E-state index in [1.165, 1.54) is 12.1 Å². The molecule has 0 aromatic heterocycles. The fraction of sp³-hybridized carbons (Fsp3) is 0.333. The Kier molecular flexibility index (Phi) is 6.00. The third-order valence-electron chi connectivity index (χ3n) is 4.63. The van der Waals surface area contributed by atoms with Crippen molar-refractivity contribution in [2.45, 2.75) is 32.2 Å². The molecule has 1 heterocycles. The van der Waals surface area contributed by atoms with Gasteiger partial charge in [-0.25, -0.2) is 4.39 Å². The molecule has 1 fully saturated rings. The van der Waals surface area contributed by atoms with Crippen molar-refractivity contribution in [3.63, 3.8) is 0 Å². The molecule has 0 saturated carbocycles. The Morgan fingerprint density at radius 2 is 1.58 bits per heavy atom. The molecular formula is C21H23FN2O2. The highest BCUT2D eigenvalue weighted by Crippen LogP contribution is 2.14. The number of nitrogens with one attached hydrogen (secondary N) is 1. The average molecular weight is 354 g/mol. The minimum absolute atomic E-state index is 0.0138. The van der Waals surface area contributed by atoms with E-state index in [0.717, 1.165) is 44.3 Å². The summed E-state index contributed by atoms with van der Waals surface area (Å²) in [5.74, 6) is -0.570. The van der Waals surface area contributed by atoms with Crippen molar-refractivity contribution < 1.29 is 14.0 Å². The quantitative estimate of drug-likeness (QED) is 0.909. The lowest BCUT2D eigenvalue weighted by atomic mass is 10.1. The average Bonchev–Trinajstić information content (AvgIpc) is 2.96. The van der Waals surface area contributed by atoms with Crippen LogP contribution in [0.2, 0.25) is 0 Å². The van der Waals surface area contributed by atoms with E-state index in [-0.39, 0.29) is 17.6 Å². The van der Waals surface area contributed by atoms with E-state index in [2.05, 4.69) is 5.32 Å². The van der Waals surface area contributed by atoms with Crippen molar-refractivity contribution >= 4 is 11.8 Å². The van der Waals surface area contributed by atoms with Crippen molar-refractivity contribution in [3.8, 4) is 0 Å². The molecule has 0 unspecified atom stereocenters. The summed E-state index contributed by atoms with van der Waals surface area (Å²) in [5, 5.41) is 2.80. The number of carbonyl (C=O) groups is 2. The van der Waals surface area contributed by atoms with Crippen molar-refractivity contribution in [3.05, 3.63) is 71.0 Å². The first kappa shape index (κ1) is 18.1. The summed E-state index contributed by atoms with van der Waals surface area (Å²) in [6.45, 7) is 1.86. The molecule has 0 bridgehead atoms. The SMILES string of the molecule is O=C(NCc1ccc(F)cc1)c1cccc(C(=O)N2CCCCCC2)c1. The van der Waals surface area contributed by atoms with Gasteiger partial charge >= 0.3 is 0 Å². The molecule has 1 aliphatic rings. The molecule has 26 heavy (non-hydrogen) atoms. The first-order chi connectivity index (χ1) is 12.6. The van der Waals surface area contributed by atoms with Crippen LogP contribution >= 0.6 is 0 Å². The van der Waals surface area contributed by atoms with Gasteiger partial charge in [-0.3, -0.25) is 9.59 Å². The van der Waals surface area contributed by atoms with Gasteiger partial charge in [0.05, 0.1) is 0 Å². The zero-order chi connectivity index (χ0) is 18.4. The summed E-state index contributed by atoms with van der Waals surface area (Å²) in [7, 11) is 0. The van der Waals surface area contributed by atoms with Gasteiger partial charge in [0.15, 0.2) is 0 Å². The standard InChI is InChI=1S/C21H23FN2O2/c22-19-10-8-16(9-11-19)15-23-20(25)17-6-5-7-18(14-17)21(26)24-12-3-1-2-4-13-24/h5-11,14H,1-4,12-13,15H2,(H,23,25). The smallest absolute Gasteiger partial charge is 0.253 e. The number of amides is 2. The summed E-state index contributed by atoms with van der Waals surface area (Å²) in [5.41, 5.74) is 1.81. The second-order valence-electron chi connectivity index (χ2n) is 6.60. The molecule has 2 aromatic carbocycles. The van der Waals surface area contributed by atoms with Crippen LogP contribution in [0.3, 0.4) is 0 Å². The van der Waals surface area contributed by atoms with Crippen LogP contribution in [0, 0.1) is 5.82 Å². The summed E-state index contributed by atoms with van der Waals surface area (Å²) in [6, 6.07) is 12.8. The maximum absolute atomic E-state index is 12.9. The second-order valence-corrected chi connectivity index (χ2v) is 6.60. The monoisotopic (exact) mass is 354 g/mol. The molecule has 5 heteroatoms. The maximum Gasteiger partial charge on any atom is 0.253 e. The lowest BCUT2D eigenvalue weighted by Crippen LogP contribution is -2.32. The first-order valence-electron chi connectivity index (χ1n) is 9.05. The lowest BCUT2D eigenvalue weighted by Gasteiger charge is -2.20.